The van der Waals surface area contributed by atoms with Gasteiger partial charge in [-0.2, -0.15) is 0 Å². The Morgan fingerprint density at radius 2 is 2.12 bits per heavy atom. The Kier molecular flexibility index (Phi) is 5.25. The van der Waals surface area contributed by atoms with Crippen LogP contribution >= 0.6 is 11.6 Å². The van der Waals surface area contributed by atoms with Gasteiger partial charge in [-0.15, -0.1) is 0 Å². The van der Waals surface area contributed by atoms with Gasteiger partial charge in [-0.1, -0.05) is 23.7 Å². The molecule has 0 aliphatic carbocycles. The average Bonchev–Trinajstić information content (AvgIpc) is 2.91. The van der Waals surface area contributed by atoms with E-state index in [0.29, 0.717) is 25.6 Å². The van der Waals surface area contributed by atoms with E-state index in [-0.39, 0.29) is 11.7 Å². The molecule has 24 heavy (non-hydrogen) atoms. The Morgan fingerprint density at radius 1 is 1.29 bits per heavy atom. The lowest BCUT2D eigenvalue weighted by atomic mass is 10.2. The lowest BCUT2D eigenvalue weighted by molar-refractivity contribution is 0.0725. The molecular formula is C17H20ClN3O3. The van der Waals surface area contributed by atoms with Crippen molar-refractivity contribution in [2.75, 3.05) is 37.7 Å². The lowest BCUT2D eigenvalue weighted by Crippen LogP contribution is -2.35. The van der Waals surface area contributed by atoms with Gasteiger partial charge in [-0.25, -0.2) is 0 Å². The molecular weight excluding hydrogens is 330 g/mol. The van der Waals surface area contributed by atoms with Crippen molar-refractivity contribution in [2.45, 2.75) is 13.3 Å². The van der Waals surface area contributed by atoms with Crippen LogP contribution in [0.5, 0.6) is 5.88 Å². The molecule has 1 saturated heterocycles. The summed E-state index contributed by atoms with van der Waals surface area (Å²) in [6, 6.07) is 9.32. The van der Waals surface area contributed by atoms with Crippen LogP contribution in [0.1, 0.15) is 23.9 Å². The van der Waals surface area contributed by atoms with Gasteiger partial charge in [0.1, 0.15) is 0 Å². The van der Waals surface area contributed by atoms with Crippen LogP contribution in [0.3, 0.4) is 0 Å². The molecule has 1 amide bonds. The van der Waals surface area contributed by atoms with Crippen LogP contribution in [0.15, 0.2) is 34.9 Å². The lowest BCUT2D eigenvalue weighted by Gasteiger charge is -2.24. The number of anilines is 1. The fourth-order valence-corrected chi connectivity index (χ4v) is 3.06. The predicted octanol–water partition coefficient (Wildman–Crippen LogP) is 3.08. The van der Waals surface area contributed by atoms with E-state index in [9.17, 15) is 4.79 Å². The minimum Gasteiger partial charge on any atom is -0.476 e. The summed E-state index contributed by atoms with van der Waals surface area (Å²) >= 11 is 6.28. The number of aromatic nitrogens is 1. The zero-order valence-electron chi connectivity index (χ0n) is 13.6. The summed E-state index contributed by atoms with van der Waals surface area (Å²) in [5.41, 5.74) is 1.01. The first-order valence-electron chi connectivity index (χ1n) is 8.07. The number of amides is 1. The summed E-state index contributed by atoms with van der Waals surface area (Å²) in [6.45, 7) is 5.19. The number of halogens is 1. The predicted molar refractivity (Wildman–Crippen MR) is 91.9 cm³/mol. The third-order valence-corrected chi connectivity index (χ3v) is 4.29. The number of ether oxygens (including phenoxy) is 1. The highest BCUT2D eigenvalue weighted by Gasteiger charge is 2.24. The first kappa shape index (κ1) is 16.6. The van der Waals surface area contributed by atoms with Crippen LogP contribution in [0.2, 0.25) is 5.02 Å². The first-order chi connectivity index (χ1) is 11.7. The summed E-state index contributed by atoms with van der Waals surface area (Å²) in [5, 5.41) is 4.48. The fourth-order valence-electron chi connectivity index (χ4n) is 2.80. The topological polar surface area (TPSA) is 58.8 Å². The molecule has 2 heterocycles. The highest BCUT2D eigenvalue weighted by molar-refractivity contribution is 6.33. The molecule has 0 N–H and O–H groups in total. The van der Waals surface area contributed by atoms with Gasteiger partial charge in [0.2, 0.25) is 5.76 Å². The van der Waals surface area contributed by atoms with Gasteiger partial charge in [0.25, 0.3) is 11.8 Å². The van der Waals surface area contributed by atoms with E-state index in [2.05, 4.69) is 10.1 Å². The monoisotopic (exact) mass is 349 g/mol. The maximum Gasteiger partial charge on any atom is 0.292 e. The second kappa shape index (κ2) is 7.57. The van der Waals surface area contributed by atoms with E-state index < -0.39 is 0 Å². The highest BCUT2D eigenvalue weighted by atomic mass is 35.5. The van der Waals surface area contributed by atoms with Crippen LogP contribution in [-0.4, -0.2) is 48.7 Å². The first-order valence-corrected chi connectivity index (χ1v) is 8.45. The molecule has 2 aromatic rings. The number of benzene rings is 1. The molecule has 7 heteroatoms. The van der Waals surface area contributed by atoms with Crippen molar-refractivity contribution in [3.05, 3.63) is 41.1 Å². The Bertz CT molecular complexity index is 704. The summed E-state index contributed by atoms with van der Waals surface area (Å²) in [5.74, 6) is 0.396. The van der Waals surface area contributed by atoms with Crippen molar-refractivity contribution in [1.29, 1.82) is 0 Å². The van der Waals surface area contributed by atoms with Gasteiger partial charge in [0.05, 0.1) is 23.4 Å². The number of rotatable bonds is 4. The zero-order valence-corrected chi connectivity index (χ0v) is 14.3. The molecule has 0 saturated carbocycles. The van der Waals surface area contributed by atoms with E-state index in [1.807, 2.05) is 31.2 Å². The number of hydrogen-bond acceptors (Lipinski definition) is 5. The number of carbonyl (C=O) groups excluding carboxylic acids is 1. The summed E-state index contributed by atoms with van der Waals surface area (Å²) in [4.78, 5) is 16.6. The molecule has 3 rings (SSSR count). The van der Waals surface area contributed by atoms with E-state index in [0.717, 1.165) is 30.2 Å². The Morgan fingerprint density at radius 3 is 2.92 bits per heavy atom. The molecule has 1 fully saturated rings. The van der Waals surface area contributed by atoms with Gasteiger partial charge < -0.3 is 19.1 Å². The Hall–Kier alpha value is -2.21. The van der Waals surface area contributed by atoms with Crippen molar-refractivity contribution in [3.63, 3.8) is 0 Å². The van der Waals surface area contributed by atoms with Crippen LogP contribution < -0.4 is 9.64 Å². The standard InChI is InChI=1S/C17H20ClN3O3/c1-2-23-16-12-15(24-19-16)17(22)21-9-5-8-20(10-11-21)14-7-4-3-6-13(14)18/h3-4,6-7,12H,2,5,8-11H2,1H3. The molecule has 1 aliphatic rings. The second-order valence-electron chi connectivity index (χ2n) is 5.55. The molecule has 1 aromatic heterocycles. The maximum absolute atomic E-state index is 12.6. The number of nitrogens with zero attached hydrogens (tertiary/aromatic N) is 3. The van der Waals surface area contributed by atoms with Gasteiger partial charge in [0, 0.05) is 26.2 Å². The molecule has 0 spiro atoms. The van der Waals surface area contributed by atoms with Crippen LogP contribution in [-0.2, 0) is 0 Å². The summed E-state index contributed by atoms with van der Waals surface area (Å²) in [7, 11) is 0. The minimum atomic E-state index is -0.158. The third kappa shape index (κ3) is 3.64. The molecule has 0 radical (unpaired) electrons. The smallest absolute Gasteiger partial charge is 0.292 e. The molecule has 1 aromatic carbocycles. The van der Waals surface area contributed by atoms with Crippen LogP contribution in [0.25, 0.3) is 0 Å². The number of hydrogen-bond donors (Lipinski definition) is 0. The summed E-state index contributed by atoms with van der Waals surface area (Å²) < 4.78 is 10.3. The number of carbonyl (C=O) groups is 1. The molecule has 6 nitrogen and oxygen atoms in total. The van der Waals surface area contributed by atoms with Crippen molar-refractivity contribution in [1.82, 2.24) is 10.1 Å². The van der Waals surface area contributed by atoms with Crippen LogP contribution in [0, 0.1) is 0 Å². The minimum absolute atomic E-state index is 0.158. The van der Waals surface area contributed by atoms with Gasteiger partial charge in [-0.3, -0.25) is 4.79 Å². The quantitative estimate of drug-likeness (QED) is 0.849. The van der Waals surface area contributed by atoms with E-state index in [1.165, 1.54) is 0 Å². The Labute approximate surface area is 145 Å². The fraction of sp³-hybridized carbons (Fsp3) is 0.412. The van der Waals surface area contributed by atoms with Gasteiger partial charge >= 0.3 is 0 Å². The van der Waals surface area contributed by atoms with Crippen molar-refractivity contribution in [3.8, 4) is 5.88 Å². The largest absolute Gasteiger partial charge is 0.476 e. The van der Waals surface area contributed by atoms with Crippen LogP contribution in [0.4, 0.5) is 5.69 Å². The van der Waals surface area contributed by atoms with Gasteiger partial charge in [0.15, 0.2) is 0 Å². The number of para-hydroxylation sites is 1. The van der Waals surface area contributed by atoms with Crippen molar-refractivity contribution >= 4 is 23.2 Å². The highest BCUT2D eigenvalue weighted by Crippen LogP contribution is 2.26. The van der Waals surface area contributed by atoms with E-state index in [4.69, 9.17) is 20.9 Å². The maximum atomic E-state index is 12.6. The molecule has 128 valence electrons. The average molecular weight is 350 g/mol. The molecule has 0 bridgehead atoms. The van der Waals surface area contributed by atoms with E-state index in [1.54, 1.807) is 11.0 Å². The Balaban J connectivity index is 1.66. The van der Waals surface area contributed by atoms with Gasteiger partial charge in [-0.05, 0) is 30.6 Å². The van der Waals surface area contributed by atoms with Crippen molar-refractivity contribution in [2.24, 2.45) is 0 Å². The second-order valence-corrected chi connectivity index (χ2v) is 5.95. The zero-order chi connectivity index (χ0) is 16.9. The third-order valence-electron chi connectivity index (χ3n) is 3.97. The summed E-state index contributed by atoms with van der Waals surface area (Å²) in [6.07, 6.45) is 0.865. The van der Waals surface area contributed by atoms with Crippen molar-refractivity contribution < 1.29 is 14.1 Å². The van der Waals surface area contributed by atoms with E-state index >= 15 is 0 Å². The normalized spacial score (nSPS) is 15.2. The molecule has 0 atom stereocenters. The molecule has 1 aliphatic heterocycles. The SMILES string of the molecule is CCOc1cc(C(=O)N2CCCN(c3ccccc3Cl)CC2)on1. The molecule has 0 unspecified atom stereocenters.